The van der Waals surface area contributed by atoms with E-state index in [4.69, 9.17) is 0 Å². The van der Waals surface area contributed by atoms with Crippen LogP contribution in [-0.4, -0.2) is 37.6 Å². The van der Waals surface area contributed by atoms with Crippen molar-refractivity contribution in [2.24, 2.45) is 5.92 Å². The first-order valence-corrected chi connectivity index (χ1v) is 9.51. The van der Waals surface area contributed by atoms with Crippen LogP contribution in [0.25, 0.3) is 11.2 Å². The first-order valence-electron chi connectivity index (χ1n) is 9.51. The minimum atomic E-state index is -0.742. The minimum absolute atomic E-state index is 0.146. The number of amides is 1. The van der Waals surface area contributed by atoms with Gasteiger partial charge >= 0.3 is 0 Å². The predicted octanol–water partition coefficient (Wildman–Crippen LogP) is 2.65. The molecule has 1 atom stereocenters. The van der Waals surface area contributed by atoms with Crippen LogP contribution in [0.2, 0.25) is 0 Å². The van der Waals surface area contributed by atoms with E-state index in [-0.39, 0.29) is 11.9 Å². The van der Waals surface area contributed by atoms with Crippen LogP contribution in [0.5, 0.6) is 0 Å². The van der Waals surface area contributed by atoms with Crippen molar-refractivity contribution in [3.05, 3.63) is 23.7 Å². The number of nitrogens with one attached hydrogen (secondary N) is 2. The van der Waals surface area contributed by atoms with Gasteiger partial charge in [-0.2, -0.15) is 0 Å². The first kappa shape index (κ1) is 15.3. The van der Waals surface area contributed by atoms with Crippen molar-refractivity contribution < 1.29 is 9.90 Å². The fraction of sp³-hybridized carbons (Fsp3) is 0.632. The fourth-order valence-electron chi connectivity index (χ4n) is 4.29. The van der Waals surface area contributed by atoms with E-state index in [9.17, 15) is 9.90 Å². The topological polar surface area (TPSA) is 90.9 Å². The van der Waals surface area contributed by atoms with Gasteiger partial charge < -0.3 is 15.4 Å². The Hall–Kier alpha value is -1.95. The van der Waals surface area contributed by atoms with E-state index < -0.39 is 5.60 Å². The summed E-state index contributed by atoms with van der Waals surface area (Å²) in [7, 11) is 0. The number of rotatable bonds is 5. The quantitative estimate of drug-likeness (QED) is 0.780. The van der Waals surface area contributed by atoms with Gasteiger partial charge in [0.2, 0.25) is 0 Å². The van der Waals surface area contributed by atoms with Crippen molar-refractivity contribution in [1.29, 1.82) is 0 Å². The van der Waals surface area contributed by atoms with Crippen LogP contribution in [0.3, 0.4) is 0 Å². The molecule has 0 radical (unpaired) electrons. The molecule has 0 aliphatic heterocycles. The lowest BCUT2D eigenvalue weighted by Crippen LogP contribution is -2.52. The highest BCUT2D eigenvalue weighted by Crippen LogP contribution is 2.44. The number of nitrogens with zero attached hydrogens (tertiary/aromatic N) is 2. The zero-order chi connectivity index (χ0) is 17.0. The zero-order valence-corrected chi connectivity index (χ0v) is 14.3. The summed E-state index contributed by atoms with van der Waals surface area (Å²) in [6, 6.07) is -0.146. The Morgan fingerprint density at radius 1 is 1.28 bits per heavy atom. The minimum Gasteiger partial charge on any atom is -0.388 e. The third-order valence-corrected chi connectivity index (χ3v) is 6.07. The molecule has 0 saturated heterocycles. The molecule has 3 aliphatic carbocycles. The summed E-state index contributed by atoms with van der Waals surface area (Å²) >= 11 is 0. The summed E-state index contributed by atoms with van der Waals surface area (Å²) in [5, 5.41) is 14.1. The Kier molecular flexibility index (Phi) is 3.39. The molecule has 5 rings (SSSR count). The molecule has 2 heterocycles. The molecule has 0 unspecified atom stereocenters. The maximum Gasteiger partial charge on any atom is 0.255 e. The fourth-order valence-corrected chi connectivity index (χ4v) is 4.29. The van der Waals surface area contributed by atoms with Gasteiger partial charge in [0.1, 0.15) is 5.52 Å². The largest absolute Gasteiger partial charge is 0.388 e. The Morgan fingerprint density at radius 2 is 2.04 bits per heavy atom. The van der Waals surface area contributed by atoms with Crippen LogP contribution >= 0.6 is 0 Å². The third kappa shape index (κ3) is 2.72. The molecule has 0 aromatic carbocycles. The van der Waals surface area contributed by atoms with Crippen LogP contribution in [0.15, 0.2) is 12.4 Å². The van der Waals surface area contributed by atoms with E-state index in [1.54, 1.807) is 6.20 Å². The highest BCUT2D eigenvalue weighted by atomic mass is 16.3. The summed E-state index contributed by atoms with van der Waals surface area (Å²) in [6.45, 7) is 0. The molecule has 3 fully saturated rings. The SMILES string of the molecule is O=C(N[C@H](C1CC1)C1(O)CCCC1)c1c[nH]c2ncc(C3CC3)nc12. The normalized spacial score (nSPS) is 23.7. The van der Waals surface area contributed by atoms with Gasteiger partial charge in [0, 0.05) is 12.1 Å². The van der Waals surface area contributed by atoms with Crippen molar-refractivity contribution in [1.82, 2.24) is 20.3 Å². The molecule has 3 N–H and O–H groups in total. The monoisotopic (exact) mass is 340 g/mol. The number of aromatic amines is 1. The highest BCUT2D eigenvalue weighted by Gasteiger charge is 2.48. The molecule has 0 spiro atoms. The van der Waals surface area contributed by atoms with Crippen molar-refractivity contribution in [3.8, 4) is 0 Å². The first-order chi connectivity index (χ1) is 12.1. The Labute approximate surface area is 146 Å². The van der Waals surface area contributed by atoms with Gasteiger partial charge in [-0.15, -0.1) is 0 Å². The van der Waals surface area contributed by atoms with Crippen LogP contribution in [0.4, 0.5) is 0 Å². The lowest BCUT2D eigenvalue weighted by atomic mass is 9.88. The summed E-state index contributed by atoms with van der Waals surface area (Å²) in [5.74, 6) is 0.761. The number of fused-ring (bicyclic) bond motifs is 1. The standard InChI is InChI=1S/C19H24N4O2/c24-18(23-16(12-5-6-12)19(25)7-1-2-8-19)13-9-20-17-15(13)22-14(10-21-17)11-3-4-11/h9-12,16,25H,1-8H2,(H,20,21)(H,23,24)/t16-/m1/s1. The maximum absolute atomic E-state index is 12.9. The summed E-state index contributed by atoms with van der Waals surface area (Å²) in [5.41, 5.74) is 2.08. The smallest absolute Gasteiger partial charge is 0.255 e. The lowest BCUT2D eigenvalue weighted by molar-refractivity contribution is 0.000993. The molecule has 6 nitrogen and oxygen atoms in total. The van der Waals surface area contributed by atoms with Gasteiger partial charge in [-0.05, 0) is 44.4 Å². The second-order valence-corrected chi connectivity index (χ2v) is 8.07. The van der Waals surface area contributed by atoms with E-state index in [1.165, 1.54) is 0 Å². The number of H-pyrrole nitrogens is 1. The maximum atomic E-state index is 12.9. The second kappa shape index (κ2) is 5.53. The number of hydrogen-bond donors (Lipinski definition) is 3. The Balaban J connectivity index is 1.43. The summed E-state index contributed by atoms with van der Waals surface area (Å²) in [6.07, 6.45) is 11.6. The van der Waals surface area contributed by atoms with Crippen LogP contribution in [0, 0.1) is 5.92 Å². The predicted molar refractivity (Wildman–Crippen MR) is 93.3 cm³/mol. The molecule has 3 aliphatic rings. The number of carbonyl (C=O) groups is 1. The van der Waals surface area contributed by atoms with Crippen molar-refractivity contribution in [3.63, 3.8) is 0 Å². The van der Waals surface area contributed by atoms with Crippen molar-refractivity contribution >= 4 is 17.1 Å². The summed E-state index contributed by atoms with van der Waals surface area (Å²) in [4.78, 5) is 25.1. The Morgan fingerprint density at radius 3 is 2.72 bits per heavy atom. The summed E-state index contributed by atoms with van der Waals surface area (Å²) < 4.78 is 0. The molecule has 25 heavy (non-hydrogen) atoms. The van der Waals surface area contributed by atoms with Crippen molar-refractivity contribution in [2.45, 2.75) is 68.9 Å². The van der Waals surface area contributed by atoms with Gasteiger partial charge in [0.15, 0.2) is 5.65 Å². The average molecular weight is 340 g/mol. The van der Waals surface area contributed by atoms with E-state index in [0.717, 1.165) is 57.1 Å². The van der Waals surface area contributed by atoms with Gasteiger partial charge in [-0.1, -0.05) is 12.8 Å². The van der Waals surface area contributed by atoms with Crippen LogP contribution in [0.1, 0.15) is 73.3 Å². The molecule has 3 saturated carbocycles. The second-order valence-electron chi connectivity index (χ2n) is 8.07. The number of hydrogen-bond acceptors (Lipinski definition) is 4. The third-order valence-electron chi connectivity index (χ3n) is 6.07. The molecular weight excluding hydrogens is 316 g/mol. The van der Waals surface area contributed by atoms with E-state index in [1.807, 2.05) is 6.20 Å². The van der Waals surface area contributed by atoms with Crippen LogP contribution < -0.4 is 5.32 Å². The number of aromatic nitrogens is 3. The van der Waals surface area contributed by atoms with E-state index in [2.05, 4.69) is 20.3 Å². The molecular formula is C19H24N4O2. The lowest BCUT2D eigenvalue weighted by Gasteiger charge is -2.33. The molecule has 132 valence electrons. The van der Waals surface area contributed by atoms with Gasteiger partial charge in [0.05, 0.1) is 29.1 Å². The van der Waals surface area contributed by atoms with Gasteiger partial charge in [-0.25, -0.2) is 9.97 Å². The van der Waals surface area contributed by atoms with Crippen molar-refractivity contribution in [2.75, 3.05) is 0 Å². The van der Waals surface area contributed by atoms with E-state index in [0.29, 0.717) is 28.6 Å². The number of carbonyl (C=O) groups excluding carboxylic acids is 1. The van der Waals surface area contributed by atoms with Crippen LogP contribution in [-0.2, 0) is 0 Å². The zero-order valence-electron chi connectivity index (χ0n) is 14.3. The molecule has 2 aromatic heterocycles. The van der Waals surface area contributed by atoms with Gasteiger partial charge in [-0.3, -0.25) is 4.79 Å². The molecule has 6 heteroatoms. The highest BCUT2D eigenvalue weighted by molar-refractivity contribution is 6.04. The van der Waals surface area contributed by atoms with E-state index >= 15 is 0 Å². The number of aliphatic hydroxyl groups is 1. The average Bonchev–Trinajstić information content (AvgIpc) is 3.53. The molecule has 0 bridgehead atoms. The van der Waals surface area contributed by atoms with Gasteiger partial charge in [0.25, 0.3) is 5.91 Å². The molecule has 2 aromatic rings. The molecule has 1 amide bonds. The Bertz CT molecular complexity index is 816.